The lowest BCUT2D eigenvalue weighted by molar-refractivity contribution is -0.384. The topological polar surface area (TPSA) is 110 Å². The zero-order valence-electron chi connectivity index (χ0n) is 12.7. The van der Waals surface area contributed by atoms with Crippen LogP contribution in [0.5, 0.6) is 5.75 Å². The van der Waals surface area contributed by atoms with Gasteiger partial charge in [0.25, 0.3) is 11.6 Å². The largest absolute Gasteiger partial charge is 0.496 e. The third-order valence-corrected chi connectivity index (χ3v) is 3.99. The standard InChI is InChI=1S/C15H18N2O6/c1-23-13-3-2-11(17(21)22)9-12(13)15(20)16-6-4-10(5-7-16)8-14(18)19/h2-3,9-10H,4-8H2,1H3,(H,18,19). The maximum atomic E-state index is 12.6. The molecule has 8 heteroatoms. The van der Waals surface area contributed by atoms with Crippen LogP contribution in [0.2, 0.25) is 0 Å². The van der Waals surface area contributed by atoms with E-state index in [9.17, 15) is 19.7 Å². The van der Waals surface area contributed by atoms with E-state index in [1.54, 1.807) is 4.90 Å². The van der Waals surface area contributed by atoms with Crippen LogP contribution in [0.1, 0.15) is 29.6 Å². The second kappa shape index (κ2) is 7.08. The number of nitrogens with zero attached hydrogens (tertiary/aromatic N) is 2. The van der Waals surface area contributed by atoms with Gasteiger partial charge in [-0.15, -0.1) is 0 Å². The van der Waals surface area contributed by atoms with Crippen molar-refractivity contribution < 1.29 is 24.4 Å². The Bertz CT molecular complexity index is 622. The number of amides is 1. The number of piperidine rings is 1. The summed E-state index contributed by atoms with van der Waals surface area (Å²) in [6, 6.07) is 3.90. The van der Waals surface area contributed by atoms with Gasteiger partial charge in [-0.05, 0) is 24.8 Å². The molecule has 0 atom stereocenters. The van der Waals surface area contributed by atoms with Crippen molar-refractivity contribution in [2.45, 2.75) is 19.3 Å². The molecule has 0 saturated carbocycles. The minimum atomic E-state index is -0.838. The molecule has 0 unspecified atom stereocenters. The van der Waals surface area contributed by atoms with Gasteiger partial charge in [0.05, 0.1) is 17.6 Å². The summed E-state index contributed by atoms with van der Waals surface area (Å²) in [6.45, 7) is 0.866. The fraction of sp³-hybridized carbons (Fsp3) is 0.467. The molecule has 0 bridgehead atoms. The minimum Gasteiger partial charge on any atom is -0.496 e. The lowest BCUT2D eigenvalue weighted by Gasteiger charge is -2.31. The van der Waals surface area contributed by atoms with E-state index in [-0.39, 0.29) is 35.2 Å². The maximum absolute atomic E-state index is 12.6. The number of aliphatic carboxylic acids is 1. The number of carbonyl (C=O) groups is 2. The Hall–Kier alpha value is -2.64. The zero-order chi connectivity index (χ0) is 17.0. The monoisotopic (exact) mass is 322 g/mol. The van der Waals surface area contributed by atoms with Crippen molar-refractivity contribution in [1.29, 1.82) is 0 Å². The van der Waals surface area contributed by atoms with Gasteiger partial charge in [-0.1, -0.05) is 0 Å². The number of likely N-dealkylation sites (tertiary alicyclic amines) is 1. The first kappa shape index (κ1) is 16.7. The molecule has 1 aromatic rings. The second-order valence-electron chi connectivity index (χ2n) is 5.48. The first-order valence-corrected chi connectivity index (χ1v) is 7.26. The molecule has 1 N–H and O–H groups in total. The molecular formula is C15H18N2O6. The summed E-state index contributed by atoms with van der Waals surface area (Å²) in [7, 11) is 1.40. The van der Waals surface area contributed by atoms with Gasteiger partial charge in [-0.2, -0.15) is 0 Å². The smallest absolute Gasteiger partial charge is 0.303 e. The molecule has 1 amide bonds. The average molecular weight is 322 g/mol. The lowest BCUT2D eigenvalue weighted by Crippen LogP contribution is -2.39. The fourth-order valence-corrected chi connectivity index (χ4v) is 2.73. The number of non-ortho nitro benzene ring substituents is 1. The Kier molecular flexibility index (Phi) is 5.15. The number of nitro benzene ring substituents is 1. The highest BCUT2D eigenvalue weighted by molar-refractivity contribution is 5.97. The fourth-order valence-electron chi connectivity index (χ4n) is 2.73. The number of carboxylic acid groups (broad SMARTS) is 1. The van der Waals surface area contributed by atoms with Crippen LogP contribution >= 0.6 is 0 Å². The molecule has 1 saturated heterocycles. The number of methoxy groups -OCH3 is 1. The van der Waals surface area contributed by atoms with Crippen LogP contribution in [0.4, 0.5) is 5.69 Å². The second-order valence-corrected chi connectivity index (χ2v) is 5.48. The summed E-state index contributed by atoms with van der Waals surface area (Å²) in [6.07, 6.45) is 1.31. The molecule has 1 aromatic carbocycles. The normalized spacial score (nSPS) is 15.3. The van der Waals surface area contributed by atoms with Crippen LogP contribution in [0.15, 0.2) is 18.2 Å². The van der Waals surface area contributed by atoms with E-state index >= 15 is 0 Å². The average Bonchev–Trinajstić information content (AvgIpc) is 2.53. The first-order valence-electron chi connectivity index (χ1n) is 7.26. The van der Waals surface area contributed by atoms with Crippen LogP contribution in [0.3, 0.4) is 0 Å². The number of carboxylic acids is 1. The highest BCUT2D eigenvalue weighted by Crippen LogP contribution is 2.28. The van der Waals surface area contributed by atoms with Crippen LogP contribution in [-0.4, -0.2) is 47.0 Å². The van der Waals surface area contributed by atoms with Crippen LogP contribution in [-0.2, 0) is 4.79 Å². The molecule has 0 aromatic heterocycles. The van der Waals surface area contributed by atoms with Gasteiger partial charge in [0.2, 0.25) is 0 Å². The quantitative estimate of drug-likeness (QED) is 0.655. The lowest BCUT2D eigenvalue weighted by atomic mass is 9.93. The maximum Gasteiger partial charge on any atom is 0.303 e. The van der Waals surface area contributed by atoms with Crippen molar-refractivity contribution in [1.82, 2.24) is 4.90 Å². The summed E-state index contributed by atoms with van der Waals surface area (Å²) in [4.78, 5) is 35.2. The number of nitro groups is 1. The van der Waals surface area contributed by atoms with Crippen molar-refractivity contribution in [3.05, 3.63) is 33.9 Å². The van der Waals surface area contributed by atoms with E-state index in [1.807, 2.05) is 0 Å². The van der Waals surface area contributed by atoms with E-state index in [1.165, 1.54) is 25.3 Å². The molecule has 8 nitrogen and oxygen atoms in total. The Balaban J connectivity index is 2.13. The third kappa shape index (κ3) is 3.97. The SMILES string of the molecule is COc1ccc([N+](=O)[O-])cc1C(=O)N1CCC(CC(=O)O)CC1. The first-order chi connectivity index (χ1) is 10.9. The van der Waals surface area contributed by atoms with Gasteiger partial charge >= 0.3 is 5.97 Å². The summed E-state index contributed by atoms with van der Waals surface area (Å²) in [5.41, 5.74) is -0.0201. The summed E-state index contributed by atoms with van der Waals surface area (Å²) in [5, 5.41) is 19.7. The van der Waals surface area contributed by atoms with Gasteiger partial charge in [-0.25, -0.2) is 0 Å². The van der Waals surface area contributed by atoms with E-state index in [4.69, 9.17) is 9.84 Å². The number of benzene rings is 1. The number of ether oxygens (including phenoxy) is 1. The molecule has 0 aliphatic carbocycles. The van der Waals surface area contributed by atoms with Gasteiger partial charge in [0.15, 0.2) is 0 Å². The van der Waals surface area contributed by atoms with Gasteiger partial charge in [0, 0.05) is 31.6 Å². The highest BCUT2D eigenvalue weighted by Gasteiger charge is 2.27. The molecule has 1 aliphatic heterocycles. The van der Waals surface area contributed by atoms with Gasteiger partial charge < -0.3 is 14.7 Å². The zero-order valence-corrected chi connectivity index (χ0v) is 12.7. The summed E-state index contributed by atoms with van der Waals surface area (Å²) in [5.74, 6) is -0.828. The van der Waals surface area contributed by atoms with Crippen LogP contribution in [0.25, 0.3) is 0 Å². The molecule has 23 heavy (non-hydrogen) atoms. The van der Waals surface area contributed by atoms with Crippen molar-refractivity contribution in [3.8, 4) is 5.75 Å². The minimum absolute atomic E-state index is 0.0588. The Morgan fingerprint density at radius 3 is 2.57 bits per heavy atom. The predicted octanol–water partition coefficient (Wildman–Crippen LogP) is 1.93. The highest BCUT2D eigenvalue weighted by atomic mass is 16.6. The van der Waals surface area contributed by atoms with Crippen molar-refractivity contribution in [2.75, 3.05) is 20.2 Å². The number of carbonyl (C=O) groups excluding carboxylic acids is 1. The van der Waals surface area contributed by atoms with E-state index in [0.717, 1.165) is 0 Å². The van der Waals surface area contributed by atoms with Crippen LogP contribution < -0.4 is 4.74 Å². The van der Waals surface area contributed by atoms with Gasteiger partial charge in [-0.3, -0.25) is 19.7 Å². The third-order valence-electron chi connectivity index (χ3n) is 3.99. The Labute approximate surface area is 132 Å². The predicted molar refractivity (Wildman–Crippen MR) is 80.5 cm³/mol. The van der Waals surface area contributed by atoms with Crippen molar-refractivity contribution in [2.24, 2.45) is 5.92 Å². The van der Waals surface area contributed by atoms with E-state index < -0.39 is 10.9 Å². The summed E-state index contributed by atoms with van der Waals surface area (Å²) >= 11 is 0. The Morgan fingerprint density at radius 2 is 2.04 bits per heavy atom. The van der Waals surface area contributed by atoms with E-state index in [0.29, 0.717) is 25.9 Å². The molecule has 1 aliphatic rings. The Morgan fingerprint density at radius 1 is 1.39 bits per heavy atom. The molecule has 0 spiro atoms. The number of hydrogen-bond donors (Lipinski definition) is 1. The number of rotatable bonds is 5. The molecule has 124 valence electrons. The molecule has 1 heterocycles. The molecular weight excluding hydrogens is 304 g/mol. The summed E-state index contributed by atoms with van der Waals surface area (Å²) < 4.78 is 5.12. The van der Waals surface area contributed by atoms with Gasteiger partial charge in [0.1, 0.15) is 5.75 Å². The van der Waals surface area contributed by atoms with Crippen molar-refractivity contribution >= 4 is 17.6 Å². The molecule has 2 rings (SSSR count). The molecule has 1 fully saturated rings. The van der Waals surface area contributed by atoms with Crippen molar-refractivity contribution in [3.63, 3.8) is 0 Å². The number of hydrogen-bond acceptors (Lipinski definition) is 5. The molecule has 0 radical (unpaired) electrons. The van der Waals surface area contributed by atoms with Crippen LogP contribution in [0, 0.1) is 16.0 Å². The van der Waals surface area contributed by atoms with E-state index in [2.05, 4.69) is 0 Å².